The number of carbonyl (C=O) groups is 1. The van der Waals surface area contributed by atoms with Crippen molar-refractivity contribution in [1.29, 1.82) is 5.26 Å². The molecule has 2 N–H and O–H groups in total. The van der Waals surface area contributed by atoms with Gasteiger partial charge >= 0.3 is 6.03 Å². The molecule has 4 nitrogen and oxygen atoms in total. The van der Waals surface area contributed by atoms with Crippen LogP contribution in [0, 0.1) is 11.3 Å². The van der Waals surface area contributed by atoms with E-state index >= 15 is 0 Å². The molecule has 0 saturated heterocycles. The molecule has 0 aliphatic rings. The fourth-order valence-corrected chi connectivity index (χ4v) is 2.27. The predicted molar refractivity (Wildman–Crippen MR) is 91.3 cm³/mol. The monoisotopic (exact) mass is 327 g/mol. The van der Waals surface area contributed by atoms with Crippen molar-refractivity contribution in [2.24, 2.45) is 0 Å². The standard InChI is InChI=1S/C18H18ClN3O/c1-13(16-6-2-15(12-20)3-7-16)22-18(23)21-11-10-14-4-8-17(19)9-5-14/h2-9,13H,10-11H2,1H3,(H2,21,22,23). The highest BCUT2D eigenvalue weighted by molar-refractivity contribution is 6.30. The third-order valence-electron chi connectivity index (χ3n) is 3.50. The lowest BCUT2D eigenvalue weighted by molar-refractivity contribution is 0.238. The number of halogens is 1. The SMILES string of the molecule is CC(NC(=O)NCCc1ccc(Cl)cc1)c1ccc(C#N)cc1. The molecule has 2 amide bonds. The molecule has 1 atom stereocenters. The van der Waals surface area contributed by atoms with E-state index in [-0.39, 0.29) is 12.1 Å². The number of nitrogens with one attached hydrogen (secondary N) is 2. The zero-order valence-electron chi connectivity index (χ0n) is 12.8. The number of nitrogens with zero attached hydrogens (tertiary/aromatic N) is 1. The molecular weight excluding hydrogens is 310 g/mol. The van der Waals surface area contributed by atoms with E-state index in [4.69, 9.17) is 16.9 Å². The van der Waals surface area contributed by atoms with Crippen LogP contribution in [0.3, 0.4) is 0 Å². The molecule has 2 aromatic carbocycles. The Kier molecular flexibility index (Phi) is 6.02. The average Bonchev–Trinajstić information content (AvgIpc) is 2.56. The topological polar surface area (TPSA) is 64.9 Å². The second-order valence-corrected chi connectivity index (χ2v) is 5.67. The maximum atomic E-state index is 11.9. The van der Waals surface area contributed by atoms with Crippen LogP contribution in [0.25, 0.3) is 0 Å². The van der Waals surface area contributed by atoms with Crippen LogP contribution >= 0.6 is 11.6 Å². The van der Waals surface area contributed by atoms with E-state index in [0.29, 0.717) is 17.1 Å². The summed E-state index contributed by atoms with van der Waals surface area (Å²) in [5.74, 6) is 0. The normalized spacial score (nSPS) is 11.3. The smallest absolute Gasteiger partial charge is 0.315 e. The Hall–Kier alpha value is -2.51. The van der Waals surface area contributed by atoms with Gasteiger partial charge in [0, 0.05) is 11.6 Å². The second-order valence-electron chi connectivity index (χ2n) is 5.23. The number of urea groups is 1. The number of amides is 2. The van der Waals surface area contributed by atoms with E-state index in [1.54, 1.807) is 12.1 Å². The zero-order valence-corrected chi connectivity index (χ0v) is 13.6. The number of nitriles is 1. The molecule has 0 heterocycles. The lowest BCUT2D eigenvalue weighted by Gasteiger charge is -2.15. The molecule has 0 fully saturated rings. The van der Waals surface area contributed by atoms with Crippen molar-refractivity contribution in [2.45, 2.75) is 19.4 Å². The number of rotatable bonds is 5. The molecule has 0 radical (unpaired) electrons. The molecule has 0 aliphatic heterocycles. The van der Waals surface area contributed by atoms with Crippen molar-refractivity contribution in [2.75, 3.05) is 6.54 Å². The fourth-order valence-electron chi connectivity index (χ4n) is 2.15. The number of hydrogen-bond acceptors (Lipinski definition) is 2. The number of benzene rings is 2. The summed E-state index contributed by atoms with van der Waals surface area (Å²) in [6, 6.07) is 16.5. The van der Waals surface area contributed by atoms with Gasteiger partial charge < -0.3 is 10.6 Å². The fraction of sp³-hybridized carbons (Fsp3) is 0.222. The Bertz CT molecular complexity index is 690. The van der Waals surface area contributed by atoms with Crippen LogP contribution in [0.1, 0.15) is 29.7 Å². The van der Waals surface area contributed by atoms with Crippen LogP contribution in [0.4, 0.5) is 4.79 Å². The van der Waals surface area contributed by atoms with E-state index in [9.17, 15) is 4.79 Å². The van der Waals surface area contributed by atoms with E-state index in [1.807, 2.05) is 43.3 Å². The van der Waals surface area contributed by atoms with E-state index in [1.165, 1.54) is 0 Å². The summed E-state index contributed by atoms with van der Waals surface area (Å²) in [6.07, 6.45) is 0.746. The third kappa shape index (κ3) is 5.32. The molecule has 118 valence electrons. The van der Waals surface area contributed by atoms with Gasteiger partial charge in [0.05, 0.1) is 17.7 Å². The van der Waals surface area contributed by atoms with E-state index in [0.717, 1.165) is 17.5 Å². The van der Waals surface area contributed by atoms with Crippen molar-refractivity contribution in [3.8, 4) is 6.07 Å². The molecule has 5 heteroatoms. The maximum Gasteiger partial charge on any atom is 0.315 e. The average molecular weight is 328 g/mol. The number of hydrogen-bond donors (Lipinski definition) is 2. The van der Waals surface area contributed by atoms with Crippen molar-refractivity contribution in [3.05, 3.63) is 70.2 Å². The van der Waals surface area contributed by atoms with Crippen LogP contribution in [0.15, 0.2) is 48.5 Å². The predicted octanol–water partition coefficient (Wildman–Crippen LogP) is 3.81. The Balaban J connectivity index is 1.77. The highest BCUT2D eigenvalue weighted by atomic mass is 35.5. The van der Waals surface area contributed by atoms with Crippen LogP contribution in [0.5, 0.6) is 0 Å². The van der Waals surface area contributed by atoms with Gasteiger partial charge in [0.2, 0.25) is 0 Å². The van der Waals surface area contributed by atoms with Gasteiger partial charge in [-0.2, -0.15) is 5.26 Å². The van der Waals surface area contributed by atoms with Gasteiger partial charge in [-0.1, -0.05) is 35.9 Å². The van der Waals surface area contributed by atoms with E-state index < -0.39 is 0 Å². The van der Waals surface area contributed by atoms with Gasteiger partial charge in [-0.15, -0.1) is 0 Å². The molecule has 0 spiro atoms. The minimum absolute atomic E-state index is 0.127. The highest BCUT2D eigenvalue weighted by Crippen LogP contribution is 2.13. The molecule has 23 heavy (non-hydrogen) atoms. The van der Waals surface area contributed by atoms with Crippen LogP contribution in [0.2, 0.25) is 5.02 Å². The molecule has 0 bridgehead atoms. The van der Waals surface area contributed by atoms with Gasteiger partial charge in [0.25, 0.3) is 0 Å². The summed E-state index contributed by atoms with van der Waals surface area (Å²) < 4.78 is 0. The first-order valence-corrected chi connectivity index (χ1v) is 7.75. The van der Waals surface area contributed by atoms with Crippen LogP contribution < -0.4 is 10.6 Å². The molecule has 0 aromatic heterocycles. The quantitative estimate of drug-likeness (QED) is 0.877. The Morgan fingerprint density at radius 1 is 1.17 bits per heavy atom. The van der Waals surface area contributed by atoms with E-state index in [2.05, 4.69) is 16.7 Å². The summed E-state index contributed by atoms with van der Waals surface area (Å²) in [5, 5.41) is 15.2. The lowest BCUT2D eigenvalue weighted by atomic mass is 10.1. The van der Waals surface area contributed by atoms with Crippen molar-refractivity contribution in [3.63, 3.8) is 0 Å². The summed E-state index contributed by atoms with van der Waals surface area (Å²) in [6.45, 7) is 2.45. The Morgan fingerprint density at radius 3 is 2.43 bits per heavy atom. The van der Waals surface area contributed by atoms with Gasteiger partial charge in [-0.05, 0) is 48.7 Å². The molecule has 2 rings (SSSR count). The lowest BCUT2D eigenvalue weighted by Crippen LogP contribution is -2.38. The highest BCUT2D eigenvalue weighted by Gasteiger charge is 2.09. The molecule has 0 aliphatic carbocycles. The van der Waals surface area contributed by atoms with Crippen molar-refractivity contribution < 1.29 is 4.79 Å². The van der Waals surface area contributed by atoms with Crippen LogP contribution in [-0.2, 0) is 6.42 Å². The van der Waals surface area contributed by atoms with Crippen LogP contribution in [-0.4, -0.2) is 12.6 Å². The first-order valence-electron chi connectivity index (χ1n) is 7.37. The molecular formula is C18H18ClN3O. The zero-order chi connectivity index (χ0) is 16.7. The Labute approximate surface area is 141 Å². The molecule has 2 aromatic rings. The summed E-state index contributed by atoms with van der Waals surface area (Å²) in [4.78, 5) is 11.9. The van der Waals surface area contributed by atoms with Crippen molar-refractivity contribution >= 4 is 17.6 Å². The second kappa shape index (κ2) is 8.21. The minimum Gasteiger partial charge on any atom is -0.338 e. The minimum atomic E-state index is -0.212. The summed E-state index contributed by atoms with van der Waals surface area (Å²) >= 11 is 5.83. The first kappa shape index (κ1) is 16.9. The maximum absolute atomic E-state index is 11.9. The number of carbonyl (C=O) groups excluding carboxylic acids is 1. The summed E-state index contributed by atoms with van der Waals surface area (Å²) in [7, 11) is 0. The first-order chi connectivity index (χ1) is 11.1. The van der Waals surface area contributed by atoms with Crippen molar-refractivity contribution in [1.82, 2.24) is 10.6 Å². The van der Waals surface area contributed by atoms with Gasteiger partial charge in [-0.3, -0.25) is 0 Å². The summed E-state index contributed by atoms with van der Waals surface area (Å²) in [5.41, 5.74) is 2.68. The van der Waals surface area contributed by atoms with Gasteiger partial charge in [0.1, 0.15) is 0 Å². The largest absolute Gasteiger partial charge is 0.338 e. The van der Waals surface area contributed by atoms with Gasteiger partial charge in [0.15, 0.2) is 0 Å². The third-order valence-corrected chi connectivity index (χ3v) is 3.75. The molecule has 0 saturated carbocycles. The Morgan fingerprint density at radius 2 is 1.83 bits per heavy atom. The molecule has 1 unspecified atom stereocenters. The van der Waals surface area contributed by atoms with Gasteiger partial charge in [-0.25, -0.2) is 4.79 Å².